The second kappa shape index (κ2) is 6.32. The maximum atomic E-state index is 12.8. The van der Waals surface area contributed by atoms with Crippen LogP contribution < -0.4 is 10.5 Å². The van der Waals surface area contributed by atoms with E-state index < -0.39 is 10.0 Å². The fraction of sp³-hybridized carbons (Fsp3) is 0.438. The Kier molecular flexibility index (Phi) is 4.42. The van der Waals surface area contributed by atoms with Gasteiger partial charge >= 0.3 is 0 Å². The highest BCUT2D eigenvalue weighted by atomic mass is 32.2. The predicted molar refractivity (Wildman–Crippen MR) is 86.9 cm³/mol. The van der Waals surface area contributed by atoms with Crippen molar-refractivity contribution < 1.29 is 8.42 Å². The van der Waals surface area contributed by atoms with Crippen LogP contribution in [0.5, 0.6) is 0 Å². The van der Waals surface area contributed by atoms with Crippen molar-refractivity contribution in [1.82, 2.24) is 9.71 Å². The molecule has 1 aromatic heterocycles. The molecule has 1 aliphatic carbocycles. The van der Waals surface area contributed by atoms with Gasteiger partial charge in [-0.1, -0.05) is 31.0 Å². The molecular weight excluding hydrogens is 298 g/mol. The first-order chi connectivity index (χ1) is 10.6. The molecule has 0 saturated heterocycles. The highest BCUT2D eigenvalue weighted by molar-refractivity contribution is 7.89. The molecule has 1 aliphatic rings. The normalized spacial score (nSPS) is 22.8. The zero-order chi connectivity index (χ0) is 15.6. The highest BCUT2D eigenvalue weighted by Crippen LogP contribution is 2.26. The summed E-state index contributed by atoms with van der Waals surface area (Å²) in [6.45, 7) is 0.515. The van der Waals surface area contributed by atoms with E-state index in [1.807, 2.05) is 12.1 Å². The molecule has 0 aliphatic heterocycles. The molecule has 3 rings (SSSR count). The predicted octanol–water partition coefficient (Wildman–Crippen LogP) is 2.03. The first-order valence-electron chi connectivity index (χ1n) is 7.68. The van der Waals surface area contributed by atoms with E-state index in [9.17, 15) is 8.42 Å². The number of rotatable bonds is 4. The van der Waals surface area contributed by atoms with Crippen LogP contribution in [0.15, 0.2) is 41.4 Å². The number of nitrogens with one attached hydrogen (secondary N) is 1. The lowest BCUT2D eigenvalue weighted by molar-refractivity contribution is 0.296. The van der Waals surface area contributed by atoms with Gasteiger partial charge in [0.2, 0.25) is 10.0 Å². The number of hydrogen-bond donors (Lipinski definition) is 2. The molecule has 2 unspecified atom stereocenters. The van der Waals surface area contributed by atoms with E-state index in [1.165, 1.54) is 0 Å². The number of benzene rings is 1. The maximum Gasteiger partial charge on any atom is 0.242 e. The molecule has 0 spiro atoms. The van der Waals surface area contributed by atoms with Crippen molar-refractivity contribution in [3.05, 3.63) is 36.5 Å². The molecule has 0 amide bonds. The lowest BCUT2D eigenvalue weighted by Gasteiger charge is -2.31. The molecule has 1 saturated carbocycles. The average molecular weight is 319 g/mol. The maximum absolute atomic E-state index is 12.8. The van der Waals surface area contributed by atoms with Crippen molar-refractivity contribution in [3.63, 3.8) is 0 Å². The van der Waals surface area contributed by atoms with E-state index in [1.54, 1.807) is 24.4 Å². The minimum atomic E-state index is -3.60. The van der Waals surface area contributed by atoms with Gasteiger partial charge in [-0.15, -0.1) is 0 Å². The second-order valence-corrected chi connectivity index (χ2v) is 7.52. The van der Waals surface area contributed by atoms with Gasteiger partial charge < -0.3 is 5.73 Å². The second-order valence-electron chi connectivity index (χ2n) is 5.84. The quantitative estimate of drug-likeness (QED) is 0.903. The van der Waals surface area contributed by atoms with Crippen LogP contribution in [0.25, 0.3) is 10.9 Å². The van der Waals surface area contributed by atoms with E-state index in [4.69, 9.17) is 5.73 Å². The van der Waals surface area contributed by atoms with Gasteiger partial charge in [0.05, 0.1) is 5.52 Å². The van der Waals surface area contributed by atoms with E-state index in [2.05, 4.69) is 9.71 Å². The van der Waals surface area contributed by atoms with Crippen molar-refractivity contribution in [3.8, 4) is 0 Å². The molecule has 6 heteroatoms. The van der Waals surface area contributed by atoms with Gasteiger partial charge in [0.25, 0.3) is 0 Å². The van der Waals surface area contributed by atoms with Crippen molar-refractivity contribution in [2.24, 2.45) is 11.7 Å². The van der Waals surface area contributed by atoms with Crippen LogP contribution in [0, 0.1) is 5.92 Å². The molecule has 0 radical (unpaired) electrons. The summed E-state index contributed by atoms with van der Waals surface area (Å²) in [7, 11) is -3.60. The van der Waals surface area contributed by atoms with Crippen LogP contribution in [0.1, 0.15) is 25.7 Å². The molecule has 3 N–H and O–H groups in total. The molecule has 1 heterocycles. The standard InChI is InChI=1S/C16H21N3O2S/c17-11-13-5-1-2-8-14(13)19-22(20,21)15-9-3-6-12-7-4-10-18-16(12)15/h3-4,6-7,9-10,13-14,19H,1-2,5,8,11,17H2. The minimum Gasteiger partial charge on any atom is -0.330 e. The number of para-hydroxylation sites is 1. The monoisotopic (exact) mass is 319 g/mol. The van der Waals surface area contributed by atoms with Crippen LogP contribution in [0.4, 0.5) is 0 Å². The Morgan fingerprint density at radius 2 is 1.95 bits per heavy atom. The van der Waals surface area contributed by atoms with Crippen LogP contribution in [0.2, 0.25) is 0 Å². The average Bonchev–Trinajstić information content (AvgIpc) is 2.54. The summed E-state index contributed by atoms with van der Waals surface area (Å²) in [4.78, 5) is 4.48. The smallest absolute Gasteiger partial charge is 0.242 e. The van der Waals surface area contributed by atoms with Gasteiger partial charge in [-0.05, 0) is 37.4 Å². The number of nitrogens with two attached hydrogens (primary N) is 1. The fourth-order valence-corrected chi connectivity index (χ4v) is 4.72. The summed E-state index contributed by atoms with van der Waals surface area (Å²) in [5.74, 6) is 0.214. The molecule has 118 valence electrons. The van der Waals surface area contributed by atoms with Crippen molar-refractivity contribution >= 4 is 20.9 Å². The molecule has 2 atom stereocenters. The number of hydrogen-bond acceptors (Lipinski definition) is 4. The zero-order valence-corrected chi connectivity index (χ0v) is 13.2. The number of pyridine rings is 1. The largest absolute Gasteiger partial charge is 0.330 e. The number of sulfonamides is 1. The lowest BCUT2D eigenvalue weighted by atomic mass is 9.85. The van der Waals surface area contributed by atoms with Crippen molar-refractivity contribution in [2.75, 3.05) is 6.54 Å². The van der Waals surface area contributed by atoms with Gasteiger partial charge in [-0.3, -0.25) is 4.98 Å². The summed E-state index contributed by atoms with van der Waals surface area (Å²) in [6, 6.07) is 8.81. The minimum absolute atomic E-state index is 0.0808. The SMILES string of the molecule is NCC1CCCCC1NS(=O)(=O)c1cccc2cccnc12. The fourth-order valence-electron chi connectivity index (χ4n) is 3.20. The first kappa shape index (κ1) is 15.4. The Labute approximate surface area is 131 Å². The molecular formula is C16H21N3O2S. The number of aromatic nitrogens is 1. The lowest BCUT2D eigenvalue weighted by Crippen LogP contribution is -2.44. The third-order valence-corrected chi connectivity index (χ3v) is 5.93. The third-order valence-electron chi connectivity index (χ3n) is 4.40. The molecule has 0 bridgehead atoms. The van der Waals surface area contributed by atoms with Gasteiger partial charge in [0.1, 0.15) is 4.90 Å². The van der Waals surface area contributed by atoms with Gasteiger partial charge in [0.15, 0.2) is 0 Å². The topological polar surface area (TPSA) is 85.1 Å². The molecule has 2 aromatic rings. The van der Waals surface area contributed by atoms with Crippen molar-refractivity contribution in [1.29, 1.82) is 0 Å². The Morgan fingerprint density at radius 1 is 1.18 bits per heavy atom. The summed E-state index contributed by atoms with van der Waals surface area (Å²) >= 11 is 0. The third kappa shape index (κ3) is 2.99. The zero-order valence-electron chi connectivity index (χ0n) is 12.4. The molecule has 5 nitrogen and oxygen atoms in total. The van der Waals surface area contributed by atoms with Crippen molar-refractivity contribution in [2.45, 2.75) is 36.6 Å². The van der Waals surface area contributed by atoms with Crippen LogP contribution in [-0.4, -0.2) is 26.0 Å². The van der Waals surface area contributed by atoms with Crippen LogP contribution in [-0.2, 0) is 10.0 Å². The van der Waals surface area contributed by atoms with Gasteiger partial charge in [-0.25, -0.2) is 13.1 Å². The molecule has 1 aromatic carbocycles. The number of nitrogens with zero attached hydrogens (tertiary/aromatic N) is 1. The van der Waals surface area contributed by atoms with Gasteiger partial charge in [0, 0.05) is 17.6 Å². The Morgan fingerprint density at radius 3 is 2.77 bits per heavy atom. The summed E-state index contributed by atoms with van der Waals surface area (Å²) in [5, 5.41) is 0.824. The highest BCUT2D eigenvalue weighted by Gasteiger charge is 2.29. The van der Waals surface area contributed by atoms with E-state index in [-0.39, 0.29) is 16.9 Å². The van der Waals surface area contributed by atoms with E-state index in [0.717, 1.165) is 31.1 Å². The van der Waals surface area contributed by atoms with Crippen LogP contribution >= 0.6 is 0 Å². The van der Waals surface area contributed by atoms with Gasteiger partial charge in [-0.2, -0.15) is 0 Å². The van der Waals surface area contributed by atoms with E-state index in [0.29, 0.717) is 12.1 Å². The van der Waals surface area contributed by atoms with E-state index >= 15 is 0 Å². The molecule has 22 heavy (non-hydrogen) atoms. The summed E-state index contributed by atoms with van der Waals surface area (Å²) in [6.07, 6.45) is 5.61. The van der Waals surface area contributed by atoms with Crippen LogP contribution in [0.3, 0.4) is 0 Å². The Balaban J connectivity index is 1.95. The summed E-state index contributed by atoms with van der Waals surface area (Å²) < 4.78 is 28.4. The Hall–Kier alpha value is -1.50. The Bertz CT molecular complexity index is 756. The number of fused-ring (bicyclic) bond motifs is 1. The first-order valence-corrected chi connectivity index (χ1v) is 9.16. The summed E-state index contributed by atoms with van der Waals surface area (Å²) in [5.41, 5.74) is 6.31. The molecule has 1 fully saturated rings.